The zero-order valence-corrected chi connectivity index (χ0v) is 52.3. The van der Waals surface area contributed by atoms with E-state index in [0.717, 1.165) is 148 Å². The molecule has 0 fully saturated rings. The Morgan fingerprint density at radius 1 is 0.263 bits per heavy atom. The Morgan fingerprint density at radius 3 is 0.762 bits per heavy atom. The highest BCUT2D eigenvalue weighted by molar-refractivity contribution is 5.71. The summed E-state index contributed by atoms with van der Waals surface area (Å²) < 4.78 is 16.9. The summed E-state index contributed by atoms with van der Waals surface area (Å²) in [6.07, 6.45) is 93.5. The molecule has 0 heterocycles. The first-order chi connectivity index (χ1) is 39.5. The second-order valence-corrected chi connectivity index (χ2v) is 22.0. The van der Waals surface area contributed by atoms with Crippen molar-refractivity contribution in [3.63, 3.8) is 0 Å². The van der Waals surface area contributed by atoms with Crippen molar-refractivity contribution in [2.24, 2.45) is 0 Å². The van der Waals surface area contributed by atoms with Crippen molar-refractivity contribution >= 4 is 17.9 Å². The lowest BCUT2D eigenvalue weighted by atomic mass is 10.0. The molecule has 6 heteroatoms. The number of hydrogen-bond donors (Lipinski definition) is 0. The Hall–Kier alpha value is -4.19. The van der Waals surface area contributed by atoms with Crippen LogP contribution in [0.3, 0.4) is 0 Å². The van der Waals surface area contributed by atoms with Gasteiger partial charge >= 0.3 is 17.9 Å². The van der Waals surface area contributed by atoms with Crippen LogP contribution in [-0.2, 0) is 28.6 Å². The standard InChI is InChI=1S/C74H124O6/c1-4-7-10-13-16-19-22-25-28-31-33-35-37-39-40-43-46-49-52-55-58-61-64-67-73(76)79-70-71(69-78-72(75)66-63-60-57-54-51-48-45-42-30-27-24-21-18-15-12-9-6-3)80-74(77)68-65-62-59-56-53-50-47-44-41-38-36-34-32-29-26-23-20-17-14-11-8-5-2/h7,9-10,12,16,18-19,21,25,27-28,30,33,35,39-40,45-46,48-49,71H,4-6,8,11,13-15,17,20,22-24,26,29,31-32,34,36-38,41-44,47,50-70H2,1-3H3/b10-7-,12-9-,19-16-,21-18-,28-25-,30-27-,35-33-,40-39-,48-45-,49-46-. The number of esters is 3. The lowest BCUT2D eigenvalue weighted by molar-refractivity contribution is -0.167. The largest absolute Gasteiger partial charge is 0.462 e. The molecule has 0 aliphatic heterocycles. The lowest BCUT2D eigenvalue weighted by Gasteiger charge is -2.18. The van der Waals surface area contributed by atoms with Gasteiger partial charge in [0.05, 0.1) is 0 Å². The minimum absolute atomic E-state index is 0.0996. The molecule has 1 unspecified atom stereocenters. The topological polar surface area (TPSA) is 78.9 Å². The lowest BCUT2D eigenvalue weighted by Crippen LogP contribution is -2.30. The zero-order chi connectivity index (χ0) is 57.8. The molecule has 0 saturated heterocycles. The SMILES string of the molecule is CC/C=C\C/C=C\C/C=C\C/C=C\C/C=C\C/C=C\CCCCCCC(=O)OCC(COC(=O)CCCCCC/C=C\C/C=C\C/C=C\C/C=C\CC)OC(=O)CCCCCCCCCCCCCCCCCCCCCCCC. The van der Waals surface area contributed by atoms with E-state index in [1.54, 1.807) is 0 Å². The van der Waals surface area contributed by atoms with Gasteiger partial charge in [0.1, 0.15) is 13.2 Å². The average Bonchev–Trinajstić information content (AvgIpc) is 3.46. The number of carbonyl (C=O) groups is 3. The second kappa shape index (κ2) is 67.3. The first kappa shape index (κ1) is 75.8. The molecule has 0 aliphatic rings. The van der Waals surface area contributed by atoms with Gasteiger partial charge in [-0.15, -0.1) is 0 Å². The first-order valence-corrected chi connectivity index (χ1v) is 33.5. The Morgan fingerprint density at radius 2 is 0.487 bits per heavy atom. The minimum Gasteiger partial charge on any atom is -0.462 e. The average molecular weight is 1110 g/mol. The van der Waals surface area contributed by atoms with Crippen molar-refractivity contribution in [2.75, 3.05) is 13.2 Å². The predicted molar refractivity (Wildman–Crippen MR) is 348 cm³/mol. The molecule has 0 aliphatic carbocycles. The Labute approximate surface area is 494 Å². The maximum atomic E-state index is 13.0. The fraction of sp³-hybridized carbons (Fsp3) is 0.689. The van der Waals surface area contributed by atoms with Crippen molar-refractivity contribution in [2.45, 2.75) is 316 Å². The summed E-state index contributed by atoms with van der Waals surface area (Å²) in [6.45, 7) is 6.40. The Bertz CT molecular complexity index is 1650. The normalized spacial score (nSPS) is 12.9. The molecule has 0 aromatic rings. The van der Waals surface area contributed by atoms with E-state index in [0.29, 0.717) is 19.3 Å². The van der Waals surface area contributed by atoms with Gasteiger partial charge in [0.25, 0.3) is 0 Å². The highest BCUT2D eigenvalue weighted by Gasteiger charge is 2.19. The van der Waals surface area contributed by atoms with Crippen molar-refractivity contribution in [1.29, 1.82) is 0 Å². The van der Waals surface area contributed by atoms with Crippen LogP contribution in [0.4, 0.5) is 0 Å². The van der Waals surface area contributed by atoms with Crippen LogP contribution in [0.2, 0.25) is 0 Å². The molecule has 0 N–H and O–H groups in total. The molecule has 1 atom stereocenters. The van der Waals surface area contributed by atoms with Crippen molar-refractivity contribution in [1.82, 2.24) is 0 Å². The minimum atomic E-state index is -0.803. The maximum Gasteiger partial charge on any atom is 0.306 e. The third-order valence-corrected chi connectivity index (χ3v) is 14.2. The summed E-state index contributed by atoms with van der Waals surface area (Å²) in [5.41, 5.74) is 0. The van der Waals surface area contributed by atoms with Gasteiger partial charge in [-0.3, -0.25) is 14.4 Å². The number of rotatable bonds is 60. The molecule has 6 nitrogen and oxygen atoms in total. The molecule has 0 radical (unpaired) electrons. The molecule has 0 spiro atoms. The summed E-state index contributed by atoms with van der Waals surface area (Å²) in [6, 6.07) is 0. The van der Waals surface area contributed by atoms with E-state index < -0.39 is 6.10 Å². The van der Waals surface area contributed by atoms with E-state index in [9.17, 15) is 14.4 Å². The Kier molecular flexibility index (Phi) is 63.8. The molecule has 0 rings (SSSR count). The fourth-order valence-corrected chi connectivity index (χ4v) is 9.26. The highest BCUT2D eigenvalue weighted by atomic mass is 16.6. The van der Waals surface area contributed by atoms with Crippen molar-refractivity contribution < 1.29 is 28.6 Å². The van der Waals surface area contributed by atoms with Gasteiger partial charge in [-0.25, -0.2) is 0 Å². The number of allylic oxidation sites excluding steroid dienone is 20. The molecule has 456 valence electrons. The molecular formula is C74H124O6. The third-order valence-electron chi connectivity index (χ3n) is 14.2. The Balaban J connectivity index is 4.45. The van der Waals surface area contributed by atoms with Crippen LogP contribution in [0, 0.1) is 0 Å². The quantitative estimate of drug-likeness (QED) is 0.0261. The van der Waals surface area contributed by atoms with Crippen LogP contribution < -0.4 is 0 Å². The van der Waals surface area contributed by atoms with E-state index in [4.69, 9.17) is 14.2 Å². The molecule has 0 amide bonds. The van der Waals surface area contributed by atoms with Crippen LogP contribution in [0.5, 0.6) is 0 Å². The second-order valence-electron chi connectivity index (χ2n) is 22.0. The molecular weight excluding hydrogens is 985 g/mol. The predicted octanol–water partition coefficient (Wildman–Crippen LogP) is 23.2. The van der Waals surface area contributed by atoms with E-state index >= 15 is 0 Å². The van der Waals surface area contributed by atoms with E-state index in [1.807, 2.05) is 0 Å². The number of carbonyl (C=O) groups excluding carboxylic acids is 3. The van der Waals surface area contributed by atoms with Gasteiger partial charge in [0.2, 0.25) is 0 Å². The molecule has 80 heavy (non-hydrogen) atoms. The van der Waals surface area contributed by atoms with Gasteiger partial charge in [-0.2, -0.15) is 0 Å². The number of hydrogen-bond acceptors (Lipinski definition) is 6. The maximum absolute atomic E-state index is 13.0. The molecule has 0 aromatic heterocycles. The van der Waals surface area contributed by atoms with Gasteiger partial charge in [0, 0.05) is 19.3 Å². The number of ether oxygens (including phenoxy) is 3. The first-order valence-electron chi connectivity index (χ1n) is 33.5. The van der Waals surface area contributed by atoms with Crippen LogP contribution in [-0.4, -0.2) is 37.2 Å². The van der Waals surface area contributed by atoms with E-state index in [2.05, 4.69) is 142 Å². The third kappa shape index (κ3) is 64.6. The van der Waals surface area contributed by atoms with Crippen LogP contribution in [0.1, 0.15) is 310 Å². The van der Waals surface area contributed by atoms with Gasteiger partial charge in [-0.05, 0) is 109 Å². The van der Waals surface area contributed by atoms with Crippen LogP contribution in [0.15, 0.2) is 122 Å². The molecule has 0 bridgehead atoms. The van der Waals surface area contributed by atoms with Gasteiger partial charge in [-0.1, -0.05) is 303 Å². The molecule has 0 aromatic carbocycles. The van der Waals surface area contributed by atoms with Crippen molar-refractivity contribution in [3.05, 3.63) is 122 Å². The van der Waals surface area contributed by atoms with Crippen LogP contribution >= 0.6 is 0 Å². The smallest absolute Gasteiger partial charge is 0.306 e. The van der Waals surface area contributed by atoms with Gasteiger partial charge < -0.3 is 14.2 Å². The zero-order valence-electron chi connectivity index (χ0n) is 52.3. The summed E-state index contributed by atoms with van der Waals surface area (Å²) in [4.78, 5) is 38.4. The van der Waals surface area contributed by atoms with Gasteiger partial charge in [0.15, 0.2) is 6.10 Å². The van der Waals surface area contributed by atoms with Crippen LogP contribution in [0.25, 0.3) is 0 Å². The summed E-state index contributed by atoms with van der Waals surface area (Å²) in [5, 5.41) is 0. The van der Waals surface area contributed by atoms with E-state index in [1.165, 1.54) is 122 Å². The highest BCUT2D eigenvalue weighted by Crippen LogP contribution is 2.17. The van der Waals surface area contributed by atoms with E-state index in [-0.39, 0.29) is 31.1 Å². The summed E-state index contributed by atoms with van der Waals surface area (Å²) in [5.74, 6) is -0.936. The summed E-state index contributed by atoms with van der Waals surface area (Å²) >= 11 is 0. The van der Waals surface area contributed by atoms with Crippen molar-refractivity contribution in [3.8, 4) is 0 Å². The number of unbranched alkanes of at least 4 members (excludes halogenated alkanes) is 29. The fourth-order valence-electron chi connectivity index (χ4n) is 9.26. The monoisotopic (exact) mass is 1110 g/mol. The summed E-state index contributed by atoms with van der Waals surface area (Å²) in [7, 11) is 0. The molecule has 0 saturated carbocycles.